The van der Waals surface area contributed by atoms with Crippen molar-refractivity contribution in [3.63, 3.8) is 0 Å². The van der Waals surface area contributed by atoms with Gasteiger partial charge in [0.25, 0.3) is 0 Å². The van der Waals surface area contributed by atoms with Gasteiger partial charge in [0.15, 0.2) is 0 Å². The Labute approximate surface area is 108 Å². The van der Waals surface area contributed by atoms with Crippen LogP contribution in [0.3, 0.4) is 0 Å². The van der Waals surface area contributed by atoms with E-state index in [-0.39, 0.29) is 5.97 Å². The average Bonchev–Trinajstić information content (AvgIpc) is 2.26. The van der Waals surface area contributed by atoms with Crippen LogP contribution in [0.15, 0.2) is 30.3 Å². The van der Waals surface area contributed by atoms with Crippen LogP contribution in [0.2, 0.25) is 0 Å². The number of hydrogen-bond donors (Lipinski definition) is 0. The Bertz CT molecular complexity index is 410. The van der Waals surface area contributed by atoms with Gasteiger partial charge in [-0.25, -0.2) is 4.79 Å². The summed E-state index contributed by atoms with van der Waals surface area (Å²) in [5, 5.41) is 0. The number of hydrogen-bond acceptors (Lipinski definition) is 3. The summed E-state index contributed by atoms with van der Waals surface area (Å²) < 4.78 is 10.5. The van der Waals surface area contributed by atoms with Gasteiger partial charge in [-0.15, -0.1) is 0 Å². The Morgan fingerprint density at radius 3 is 2.33 bits per heavy atom. The van der Waals surface area contributed by atoms with Crippen LogP contribution < -0.4 is 4.74 Å². The Balaban J connectivity index is 2.59. The molecule has 0 aliphatic carbocycles. The molecule has 0 atom stereocenters. The molecule has 0 spiro atoms. The van der Waals surface area contributed by atoms with E-state index in [0.717, 1.165) is 11.3 Å². The van der Waals surface area contributed by atoms with Gasteiger partial charge >= 0.3 is 5.97 Å². The van der Waals surface area contributed by atoms with Crippen LogP contribution in [0.5, 0.6) is 5.75 Å². The van der Waals surface area contributed by atoms with Gasteiger partial charge in [0.05, 0.1) is 6.61 Å². The van der Waals surface area contributed by atoms with Gasteiger partial charge in [-0.2, -0.15) is 0 Å². The fraction of sp³-hybridized carbons (Fsp3) is 0.400. The zero-order valence-corrected chi connectivity index (χ0v) is 11.4. The topological polar surface area (TPSA) is 35.5 Å². The monoisotopic (exact) mass is 248 g/mol. The molecule has 0 aromatic heterocycles. The summed E-state index contributed by atoms with van der Waals surface area (Å²) in [5.74, 6) is 0.489. The Hall–Kier alpha value is -1.77. The van der Waals surface area contributed by atoms with Crippen molar-refractivity contribution in [2.75, 3.05) is 6.61 Å². The van der Waals surface area contributed by atoms with E-state index in [4.69, 9.17) is 9.47 Å². The number of carbonyl (C=O) groups excluding carboxylic acids is 1. The molecule has 1 aromatic rings. The van der Waals surface area contributed by atoms with Gasteiger partial charge in [-0.3, -0.25) is 0 Å². The van der Waals surface area contributed by atoms with Crippen LogP contribution in [-0.4, -0.2) is 18.2 Å². The lowest BCUT2D eigenvalue weighted by molar-refractivity contribution is -0.148. The van der Waals surface area contributed by atoms with Crippen LogP contribution in [0, 0.1) is 0 Å². The van der Waals surface area contributed by atoms with Crippen LogP contribution in [-0.2, 0) is 9.53 Å². The summed E-state index contributed by atoms with van der Waals surface area (Å²) in [4.78, 5) is 11.5. The van der Waals surface area contributed by atoms with Crippen molar-refractivity contribution in [1.82, 2.24) is 0 Å². The highest BCUT2D eigenvalue weighted by Gasteiger charge is 2.13. The summed E-state index contributed by atoms with van der Waals surface area (Å²) in [6.45, 7) is 8.12. The maximum absolute atomic E-state index is 11.5. The normalized spacial score (nSPS) is 11.6. The number of rotatable bonds is 4. The highest BCUT2D eigenvalue weighted by atomic mass is 16.6. The van der Waals surface area contributed by atoms with E-state index in [2.05, 4.69) is 0 Å². The molecular formula is C15H20O3. The third-order valence-corrected chi connectivity index (χ3v) is 2.01. The molecule has 0 unspecified atom stereocenters. The Kier molecular flexibility index (Phi) is 4.95. The maximum Gasteiger partial charge on any atom is 0.331 e. The summed E-state index contributed by atoms with van der Waals surface area (Å²) in [7, 11) is 0. The predicted octanol–water partition coefficient (Wildman–Crippen LogP) is 3.44. The second-order valence-corrected chi connectivity index (χ2v) is 4.87. The molecule has 0 amide bonds. The zero-order valence-electron chi connectivity index (χ0n) is 11.4. The van der Waals surface area contributed by atoms with E-state index >= 15 is 0 Å². The fourth-order valence-corrected chi connectivity index (χ4v) is 1.34. The minimum absolute atomic E-state index is 0.337. The highest BCUT2D eigenvalue weighted by Crippen LogP contribution is 2.13. The van der Waals surface area contributed by atoms with Gasteiger partial charge in [0.1, 0.15) is 11.4 Å². The molecule has 18 heavy (non-hydrogen) atoms. The van der Waals surface area contributed by atoms with Gasteiger partial charge in [0.2, 0.25) is 0 Å². The maximum atomic E-state index is 11.5. The number of esters is 1. The van der Waals surface area contributed by atoms with E-state index in [1.807, 2.05) is 52.0 Å². The molecule has 0 N–H and O–H groups in total. The predicted molar refractivity (Wildman–Crippen MR) is 72.5 cm³/mol. The van der Waals surface area contributed by atoms with Gasteiger partial charge in [-0.05, 0) is 51.5 Å². The lowest BCUT2D eigenvalue weighted by atomic mass is 10.2. The molecule has 0 radical (unpaired) electrons. The van der Waals surface area contributed by atoms with Crippen molar-refractivity contribution < 1.29 is 14.3 Å². The first-order chi connectivity index (χ1) is 8.40. The molecule has 3 heteroatoms. The molecule has 0 aliphatic rings. The fourth-order valence-electron chi connectivity index (χ4n) is 1.34. The molecule has 98 valence electrons. The van der Waals surface area contributed by atoms with E-state index in [9.17, 15) is 4.79 Å². The first kappa shape index (κ1) is 14.3. The Morgan fingerprint density at radius 1 is 1.22 bits per heavy atom. The molecule has 1 rings (SSSR count). The smallest absolute Gasteiger partial charge is 0.331 e. The zero-order chi connectivity index (χ0) is 13.6. The molecule has 0 saturated carbocycles. The summed E-state index contributed by atoms with van der Waals surface area (Å²) >= 11 is 0. The largest absolute Gasteiger partial charge is 0.494 e. The van der Waals surface area contributed by atoms with Crippen molar-refractivity contribution in [1.29, 1.82) is 0 Å². The van der Waals surface area contributed by atoms with Crippen LogP contribution >= 0.6 is 0 Å². The minimum Gasteiger partial charge on any atom is -0.494 e. The summed E-state index contributed by atoms with van der Waals surface area (Å²) in [5.41, 5.74) is 0.476. The molecule has 0 saturated heterocycles. The van der Waals surface area contributed by atoms with E-state index < -0.39 is 5.60 Å². The number of carbonyl (C=O) groups is 1. The van der Waals surface area contributed by atoms with Gasteiger partial charge in [-0.1, -0.05) is 12.1 Å². The molecule has 3 nitrogen and oxygen atoms in total. The number of benzene rings is 1. The standard InChI is InChI=1S/C15H20O3/c1-5-17-13-9-6-12(7-10-13)8-11-14(16)18-15(2,3)4/h6-11H,5H2,1-4H3. The van der Waals surface area contributed by atoms with Crippen molar-refractivity contribution in [2.24, 2.45) is 0 Å². The van der Waals surface area contributed by atoms with E-state index in [1.54, 1.807) is 6.08 Å². The highest BCUT2D eigenvalue weighted by molar-refractivity contribution is 5.87. The first-order valence-electron chi connectivity index (χ1n) is 6.04. The Morgan fingerprint density at radius 2 is 1.83 bits per heavy atom. The summed E-state index contributed by atoms with van der Waals surface area (Å²) in [6, 6.07) is 7.54. The summed E-state index contributed by atoms with van der Waals surface area (Å²) in [6.07, 6.45) is 3.16. The third kappa shape index (κ3) is 5.53. The molecule has 0 fully saturated rings. The minimum atomic E-state index is -0.458. The molecule has 0 heterocycles. The lowest BCUT2D eigenvalue weighted by Gasteiger charge is -2.17. The van der Waals surface area contributed by atoms with Gasteiger partial charge < -0.3 is 9.47 Å². The molecular weight excluding hydrogens is 228 g/mol. The van der Waals surface area contributed by atoms with Crippen LogP contribution in [0.4, 0.5) is 0 Å². The quantitative estimate of drug-likeness (QED) is 0.605. The third-order valence-electron chi connectivity index (χ3n) is 2.01. The van der Waals surface area contributed by atoms with E-state index in [1.165, 1.54) is 6.08 Å². The average molecular weight is 248 g/mol. The second kappa shape index (κ2) is 6.24. The lowest BCUT2D eigenvalue weighted by Crippen LogP contribution is -2.22. The first-order valence-corrected chi connectivity index (χ1v) is 6.04. The van der Waals surface area contributed by atoms with Crippen molar-refractivity contribution in [3.8, 4) is 5.75 Å². The van der Waals surface area contributed by atoms with Crippen LogP contribution in [0.25, 0.3) is 6.08 Å². The molecule has 1 aromatic carbocycles. The van der Waals surface area contributed by atoms with E-state index in [0.29, 0.717) is 6.61 Å². The van der Waals surface area contributed by atoms with Gasteiger partial charge in [0, 0.05) is 6.08 Å². The van der Waals surface area contributed by atoms with Crippen molar-refractivity contribution in [2.45, 2.75) is 33.3 Å². The second-order valence-electron chi connectivity index (χ2n) is 4.87. The molecule has 0 aliphatic heterocycles. The van der Waals surface area contributed by atoms with Crippen LogP contribution in [0.1, 0.15) is 33.3 Å². The SMILES string of the molecule is CCOc1ccc(C=CC(=O)OC(C)(C)C)cc1. The number of ether oxygens (including phenoxy) is 2. The van der Waals surface area contributed by atoms with Crippen molar-refractivity contribution in [3.05, 3.63) is 35.9 Å². The molecule has 0 bridgehead atoms. The van der Waals surface area contributed by atoms with Crippen molar-refractivity contribution >= 4 is 12.0 Å².